The second-order valence-electron chi connectivity index (χ2n) is 5.38. The Morgan fingerprint density at radius 2 is 2.28 bits per heavy atom. The van der Waals surface area contributed by atoms with Crippen LogP contribution in [0.4, 0.5) is 0 Å². The molecule has 1 aliphatic rings. The highest BCUT2D eigenvalue weighted by Crippen LogP contribution is 2.38. The minimum absolute atomic E-state index is 0.385. The number of nitrogens with zero attached hydrogens (tertiary/aromatic N) is 4. The van der Waals surface area contributed by atoms with Crippen molar-refractivity contribution in [3.05, 3.63) is 35.9 Å². The highest BCUT2D eigenvalue weighted by molar-refractivity contribution is 7.18. The SMILES string of the molecule is CCO/N=C1\CCOc2oc(-c3sc(-c4cccnc4)nc3C)nc21. The number of hydrogen-bond acceptors (Lipinski definition) is 8. The zero-order valence-electron chi connectivity index (χ0n) is 13.9. The van der Waals surface area contributed by atoms with Crippen LogP contribution in [0, 0.1) is 6.92 Å². The van der Waals surface area contributed by atoms with E-state index in [9.17, 15) is 0 Å². The highest BCUT2D eigenvalue weighted by Gasteiger charge is 2.27. The van der Waals surface area contributed by atoms with Crippen LogP contribution in [0.15, 0.2) is 34.1 Å². The molecule has 0 aliphatic carbocycles. The van der Waals surface area contributed by atoms with Gasteiger partial charge < -0.3 is 14.0 Å². The van der Waals surface area contributed by atoms with Crippen LogP contribution in [-0.4, -0.2) is 33.9 Å². The zero-order chi connectivity index (χ0) is 17.2. The Hall–Kier alpha value is -2.74. The van der Waals surface area contributed by atoms with Crippen molar-refractivity contribution in [2.45, 2.75) is 20.3 Å². The van der Waals surface area contributed by atoms with Crippen molar-refractivity contribution in [3.63, 3.8) is 0 Å². The van der Waals surface area contributed by atoms with Gasteiger partial charge in [0.15, 0.2) is 5.69 Å². The molecule has 0 spiro atoms. The summed E-state index contributed by atoms with van der Waals surface area (Å²) in [6, 6.07) is 3.87. The third-order valence-corrected chi connectivity index (χ3v) is 4.84. The van der Waals surface area contributed by atoms with E-state index in [-0.39, 0.29) is 0 Å². The van der Waals surface area contributed by atoms with Gasteiger partial charge in [0.2, 0.25) is 5.89 Å². The van der Waals surface area contributed by atoms with Gasteiger partial charge in [-0.25, -0.2) is 9.97 Å². The largest absolute Gasteiger partial charge is 0.463 e. The van der Waals surface area contributed by atoms with E-state index in [1.54, 1.807) is 12.4 Å². The molecular formula is C17H16N4O3S. The Morgan fingerprint density at radius 3 is 3.08 bits per heavy atom. The fraction of sp³-hybridized carbons (Fsp3) is 0.294. The van der Waals surface area contributed by atoms with Gasteiger partial charge in [-0.3, -0.25) is 4.98 Å². The van der Waals surface area contributed by atoms with Gasteiger partial charge in [-0.2, -0.15) is 0 Å². The van der Waals surface area contributed by atoms with Gasteiger partial charge in [0.1, 0.15) is 22.2 Å². The van der Waals surface area contributed by atoms with Crippen LogP contribution in [0.2, 0.25) is 0 Å². The first-order chi connectivity index (χ1) is 12.3. The van der Waals surface area contributed by atoms with E-state index in [4.69, 9.17) is 14.0 Å². The van der Waals surface area contributed by atoms with Crippen molar-refractivity contribution in [1.82, 2.24) is 15.0 Å². The quantitative estimate of drug-likeness (QED) is 0.663. The number of pyridine rings is 1. The van der Waals surface area contributed by atoms with Crippen LogP contribution in [0.3, 0.4) is 0 Å². The van der Waals surface area contributed by atoms with Crippen LogP contribution >= 0.6 is 11.3 Å². The number of oxime groups is 1. The molecule has 7 nitrogen and oxygen atoms in total. The first kappa shape index (κ1) is 15.8. The summed E-state index contributed by atoms with van der Waals surface area (Å²) in [5, 5.41) is 4.99. The Kier molecular flexibility index (Phi) is 4.19. The predicted molar refractivity (Wildman–Crippen MR) is 93.9 cm³/mol. The molecular weight excluding hydrogens is 340 g/mol. The summed E-state index contributed by atoms with van der Waals surface area (Å²) in [4.78, 5) is 19.4. The summed E-state index contributed by atoms with van der Waals surface area (Å²) in [5.41, 5.74) is 3.16. The molecule has 0 saturated carbocycles. The van der Waals surface area contributed by atoms with E-state index in [2.05, 4.69) is 20.1 Å². The van der Waals surface area contributed by atoms with E-state index in [1.165, 1.54) is 11.3 Å². The molecule has 3 aromatic rings. The number of oxazole rings is 1. The van der Waals surface area contributed by atoms with Crippen LogP contribution in [0.5, 0.6) is 5.95 Å². The lowest BCUT2D eigenvalue weighted by atomic mass is 10.2. The molecule has 25 heavy (non-hydrogen) atoms. The summed E-state index contributed by atoms with van der Waals surface area (Å²) >= 11 is 1.51. The van der Waals surface area contributed by atoms with Crippen molar-refractivity contribution in [2.24, 2.45) is 5.16 Å². The second kappa shape index (κ2) is 6.64. The summed E-state index contributed by atoms with van der Waals surface area (Å²) in [6.45, 7) is 4.83. The minimum atomic E-state index is 0.385. The van der Waals surface area contributed by atoms with Crippen LogP contribution in [0.25, 0.3) is 21.3 Å². The van der Waals surface area contributed by atoms with Crippen molar-refractivity contribution in [3.8, 4) is 27.3 Å². The first-order valence-corrected chi connectivity index (χ1v) is 8.79. The molecule has 0 radical (unpaired) electrons. The third kappa shape index (κ3) is 3.00. The maximum Gasteiger partial charge on any atom is 0.315 e. The van der Waals surface area contributed by atoms with E-state index in [1.807, 2.05) is 26.0 Å². The van der Waals surface area contributed by atoms with Gasteiger partial charge in [0, 0.05) is 24.4 Å². The van der Waals surface area contributed by atoms with Gasteiger partial charge in [-0.1, -0.05) is 5.16 Å². The number of aromatic nitrogens is 3. The Bertz CT molecular complexity index is 917. The molecule has 3 aromatic heterocycles. The lowest BCUT2D eigenvalue weighted by Gasteiger charge is -2.11. The van der Waals surface area contributed by atoms with Crippen LogP contribution in [-0.2, 0) is 4.84 Å². The predicted octanol–water partition coefficient (Wildman–Crippen LogP) is 3.69. The number of aryl methyl sites for hydroxylation is 1. The first-order valence-electron chi connectivity index (χ1n) is 7.97. The fourth-order valence-corrected chi connectivity index (χ4v) is 3.46. The highest BCUT2D eigenvalue weighted by atomic mass is 32.1. The van der Waals surface area contributed by atoms with Gasteiger partial charge >= 0.3 is 5.95 Å². The van der Waals surface area contributed by atoms with E-state index in [0.717, 1.165) is 26.9 Å². The molecule has 8 heteroatoms. The molecule has 0 atom stereocenters. The lowest BCUT2D eigenvalue weighted by molar-refractivity contribution is 0.156. The van der Waals surface area contributed by atoms with Crippen LogP contribution in [0.1, 0.15) is 24.7 Å². The van der Waals surface area contributed by atoms with E-state index < -0.39 is 0 Å². The summed E-state index contributed by atoms with van der Waals surface area (Å²) in [7, 11) is 0. The standard InChI is InChI=1S/C17H16N4O3S/c1-3-23-21-12-6-8-22-17-13(12)20-15(24-17)14-10(2)19-16(25-14)11-5-4-7-18-9-11/h4-5,7,9H,3,6,8H2,1-2H3/b21-12+. The lowest BCUT2D eigenvalue weighted by Crippen LogP contribution is -2.16. The number of ether oxygens (including phenoxy) is 1. The van der Waals surface area contributed by atoms with Crippen LogP contribution < -0.4 is 4.74 Å². The zero-order valence-corrected chi connectivity index (χ0v) is 14.7. The van der Waals surface area contributed by atoms with Gasteiger partial charge in [0.25, 0.3) is 0 Å². The molecule has 0 saturated heterocycles. The molecule has 0 fully saturated rings. The maximum atomic E-state index is 5.82. The number of hydrogen-bond donors (Lipinski definition) is 0. The Balaban J connectivity index is 1.72. The normalized spacial score (nSPS) is 15.0. The molecule has 4 heterocycles. The molecule has 0 N–H and O–H groups in total. The topological polar surface area (TPSA) is 82.6 Å². The average Bonchev–Trinajstić information content (AvgIpc) is 3.24. The van der Waals surface area contributed by atoms with E-state index in [0.29, 0.717) is 37.2 Å². The average molecular weight is 356 g/mol. The fourth-order valence-electron chi connectivity index (χ4n) is 2.48. The summed E-state index contributed by atoms with van der Waals surface area (Å²) in [5.74, 6) is 0.872. The van der Waals surface area contributed by atoms with Crippen molar-refractivity contribution in [2.75, 3.05) is 13.2 Å². The molecule has 0 unspecified atom stereocenters. The second-order valence-corrected chi connectivity index (χ2v) is 6.38. The Labute approximate surface area is 148 Å². The smallest absolute Gasteiger partial charge is 0.315 e. The molecule has 1 aliphatic heterocycles. The van der Waals surface area contributed by atoms with E-state index >= 15 is 0 Å². The minimum Gasteiger partial charge on any atom is -0.463 e. The van der Waals surface area contributed by atoms with Gasteiger partial charge in [-0.05, 0) is 26.0 Å². The number of fused-ring (bicyclic) bond motifs is 1. The van der Waals surface area contributed by atoms with Crippen molar-refractivity contribution >= 4 is 17.0 Å². The summed E-state index contributed by atoms with van der Waals surface area (Å²) in [6.07, 6.45) is 4.17. The van der Waals surface area contributed by atoms with Crippen molar-refractivity contribution in [1.29, 1.82) is 0 Å². The van der Waals surface area contributed by atoms with Gasteiger partial charge in [-0.15, -0.1) is 11.3 Å². The molecule has 0 aromatic carbocycles. The maximum absolute atomic E-state index is 5.82. The number of thiazole rings is 1. The van der Waals surface area contributed by atoms with Gasteiger partial charge in [0.05, 0.1) is 12.3 Å². The monoisotopic (exact) mass is 356 g/mol. The third-order valence-electron chi connectivity index (χ3n) is 3.64. The molecule has 0 amide bonds. The Morgan fingerprint density at radius 1 is 1.36 bits per heavy atom. The number of rotatable bonds is 4. The molecule has 0 bridgehead atoms. The summed E-state index contributed by atoms with van der Waals surface area (Å²) < 4.78 is 11.4. The van der Waals surface area contributed by atoms with Crippen molar-refractivity contribution < 1.29 is 14.0 Å². The molecule has 4 rings (SSSR count). The molecule has 128 valence electrons.